The van der Waals surface area contributed by atoms with E-state index in [2.05, 4.69) is 0 Å². The molecule has 0 aliphatic heterocycles. The number of halogens is 3. The lowest BCUT2D eigenvalue weighted by Gasteiger charge is -2.07. The highest BCUT2D eigenvalue weighted by molar-refractivity contribution is 5.99. The monoisotopic (exact) mass is 251 g/mol. The molecule has 0 aliphatic carbocycles. The minimum Gasteiger partial charge on any atom is -0.366 e. The Morgan fingerprint density at radius 1 is 0.944 bits per heavy atom. The van der Waals surface area contributed by atoms with Crippen molar-refractivity contribution in [3.05, 3.63) is 59.4 Å². The maximum Gasteiger partial charge on any atom is 0.249 e. The summed E-state index contributed by atoms with van der Waals surface area (Å²) >= 11 is 0. The largest absolute Gasteiger partial charge is 0.366 e. The Balaban J connectivity index is 2.65. The molecule has 0 fully saturated rings. The van der Waals surface area contributed by atoms with E-state index in [1.165, 1.54) is 12.1 Å². The number of carbonyl (C=O) groups is 1. The lowest BCUT2D eigenvalue weighted by molar-refractivity contribution is 0.100. The lowest BCUT2D eigenvalue weighted by atomic mass is 9.99. The molecule has 0 unspecified atom stereocenters. The van der Waals surface area contributed by atoms with Crippen molar-refractivity contribution in [2.24, 2.45) is 5.73 Å². The highest BCUT2D eigenvalue weighted by atomic mass is 19.2. The molecule has 0 atom stereocenters. The summed E-state index contributed by atoms with van der Waals surface area (Å²) in [6, 6.07) is 6.36. The predicted molar refractivity (Wildman–Crippen MR) is 60.3 cm³/mol. The molecule has 2 aromatic carbocycles. The predicted octanol–water partition coefficient (Wildman–Crippen LogP) is 2.87. The Bertz CT molecular complexity index is 626. The molecule has 0 heterocycles. The van der Waals surface area contributed by atoms with Gasteiger partial charge in [-0.1, -0.05) is 6.07 Å². The number of nitrogens with two attached hydrogens (primary N) is 1. The van der Waals surface area contributed by atoms with E-state index in [0.29, 0.717) is 0 Å². The summed E-state index contributed by atoms with van der Waals surface area (Å²) in [6.45, 7) is 0. The minimum absolute atomic E-state index is 0.0439. The Hall–Kier alpha value is -2.30. The number of primary amides is 1. The van der Waals surface area contributed by atoms with E-state index in [4.69, 9.17) is 5.73 Å². The minimum atomic E-state index is -1.08. The maximum absolute atomic E-state index is 13.2. The van der Waals surface area contributed by atoms with Crippen LogP contribution in [0.1, 0.15) is 10.4 Å². The molecule has 2 nitrogen and oxygen atoms in total. The van der Waals surface area contributed by atoms with E-state index in [1.54, 1.807) is 0 Å². The third-order valence-corrected chi connectivity index (χ3v) is 2.48. The van der Waals surface area contributed by atoms with Gasteiger partial charge in [0, 0.05) is 5.56 Å². The molecule has 2 N–H and O–H groups in total. The van der Waals surface area contributed by atoms with E-state index in [9.17, 15) is 18.0 Å². The zero-order chi connectivity index (χ0) is 13.3. The van der Waals surface area contributed by atoms with E-state index >= 15 is 0 Å². The van der Waals surface area contributed by atoms with Crippen molar-refractivity contribution in [1.29, 1.82) is 0 Å². The summed E-state index contributed by atoms with van der Waals surface area (Å²) in [5.41, 5.74) is 5.49. The summed E-state index contributed by atoms with van der Waals surface area (Å²) in [7, 11) is 0. The molecular formula is C13H8F3NO. The summed E-state index contributed by atoms with van der Waals surface area (Å²) in [4.78, 5) is 11.2. The van der Waals surface area contributed by atoms with Gasteiger partial charge in [-0.2, -0.15) is 0 Å². The molecule has 0 radical (unpaired) electrons. The number of rotatable bonds is 2. The van der Waals surface area contributed by atoms with Crippen LogP contribution in [-0.4, -0.2) is 5.91 Å². The topological polar surface area (TPSA) is 43.1 Å². The first-order valence-corrected chi connectivity index (χ1v) is 5.04. The first-order valence-electron chi connectivity index (χ1n) is 5.04. The molecule has 0 bridgehead atoms. The van der Waals surface area contributed by atoms with Crippen LogP contribution >= 0.6 is 0 Å². The van der Waals surface area contributed by atoms with E-state index in [-0.39, 0.29) is 16.7 Å². The molecule has 2 aromatic rings. The molecule has 0 saturated heterocycles. The van der Waals surface area contributed by atoms with Crippen molar-refractivity contribution >= 4 is 5.91 Å². The molecule has 5 heteroatoms. The van der Waals surface area contributed by atoms with Crippen molar-refractivity contribution < 1.29 is 18.0 Å². The smallest absolute Gasteiger partial charge is 0.249 e. The standard InChI is InChI=1S/C13H8F3NO/c14-8-2-3-9(13(17)18)10(6-8)7-1-4-11(15)12(16)5-7/h1-6H,(H2,17,18). The number of hydrogen-bond donors (Lipinski definition) is 1. The SMILES string of the molecule is NC(=O)c1ccc(F)cc1-c1ccc(F)c(F)c1. The zero-order valence-corrected chi connectivity index (χ0v) is 9.08. The molecule has 0 saturated carbocycles. The maximum atomic E-state index is 13.2. The van der Waals surface area contributed by atoms with Gasteiger partial charge in [0.25, 0.3) is 0 Å². The summed E-state index contributed by atoms with van der Waals surface area (Å²) in [5, 5.41) is 0. The van der Waals surface area contributed by atoms with Crippen molar-refractivity contribution in [2.45, 2.75) is 0 Å². The van der Waals surface area contributed by atoms with Gasteiger partial charge in [-0.05, 0) is 41.5 Å². The highest BCUT2D eigenvalue weighted by Gasteiger charge is 2.13. The van der Waals surface area contributed by atoms with Crippen molar-refractivity contribution in [1.82, 2.24) is 0 Å². The fourth-order valence-corrected chi connectivity index (χ4v) is 1.63. The average Bonchev–Trinajstić information content (AvgIpc) is 2.32. The molecule has 0 aliphatic rings. The van der Waals surface area contributed by atoms with E-state index in [0.717, 1.165) is 24.3 Å². The second-order valence-corrected chi connectivity index (χ2v) is 3.68. The Morgan fingerprint density at radius 3 is 2.28 bits per heavy atom. The van der Waals surface area contributed by atoms with Crippen molar-refractivity contribution in [3.63, 3.8) is 0 Å². The fourth-order valence-electron chi connectivity index (χ4n) is 1.63. The number of amides is 1. The molecule has 92 valence electrons. The van der Waals surface area contributed by atoms with Gasteiger partial charge in [-0.25, -0.2) is 13.2 Å². The van der Waals surface area contributed by atoms with Crippen LogP contribution in [-0.2, 0) is 0 Å². The van der Waals surface area contributed by atoms with E-state index < -0.39 is 23.4 Å². The second-order valence-electron chi connectivity index (χ2n) is 3.68. The normalized spacial score (nSPS) is 10.4. The van der Waals surface area contributed by atoms with Gasteiger partial charge in [0.2, 0.25) is 5.91 Å². The quantitative estimate of drug-likeness (QED) is 0.876. The van der Waals surface area contributed by atoms with Crippen LogP contribution in [0.15, 0.2) is 36.4 Å². The number of hydrogen-bond acceptors (Lipinski definition) is 1. The first-order chi connectivity index (χ1) is 8.49. The summed E-state index contributed by atoms with van der Waals surface area (Å²) in [6.07, 6.45) is 0. The molecular weight excluding hydrogens is 243 g/mol. The molecule has 0 spiro atoms. The van der Waals surface area contributed by atoms with Gasteiger partial charge in [0.05, 0.1) is 0 Å². The summed E-state index contributed by atoms with van der Waals surface area (Å²) in [5.74, 6) is -3.46. The zero-order valence-electron chi connectivity index (χ0n) is 9.08. The van der Waals surface area contributed by atoms with Crippen LogP contribution in [0.25, 0.3) is 11.1 Å². The van der Waals surface area contributed by atoms with Gasteiger partial charge >= 0.3 is 0 Å². The Morgan fingerprint density at radius 2 is 1.67 bits per heavy atom. The van der Waals surface area contributed by atoms with Crippen molar-refractivity contribution in [2.75, 3.05) is 0 Å². The number of benzene rings is 2. The van der Waals surface area contributed by atoms with Gasteiger partial charge < -0.3 is 5.73 Å². The van der Waals surface area contributed by atoms with Gasteiger partial charge in [0.15, 0.2) is 11.6 Å². The Kier molecular flexibility index (Phi) is 3.06. The molecule has 0 aromatic heterocycles. The molecule has 2 rings (SSSR count). The van der Waals surface area contributed by atoms with Crippen LogP contribution in [0.5, 0.6) is 0 Å². The fraction of sp³-hybridized carbons (Fsp3) is 0. The highest BCUT2D eigenvalue weighted by Crippen LogP contribution is 2.26. The van der Waals surface area contributed by atoms with Crippen LogP contribution in [0.2, 0.25) is 0 Å². The van der Waals surface area contributed by atoms with Crippen LogP contribution in [0.4, 0.5) is 13.2 Å². The van der Waals surface area contributed by atoms with Crippen LogP contribution in [0.3, 0.4) is 0 Å². The number of carbonyl (C=O) groups excluding carboxylic acids is 1. The van der Waals surface area contributed by atoms with Gasteiger partial charge in [-0.15, -0.1) is 0 Å². The first kappa shape index (κ1) is 12.2. The lowest BCUT2D eigenvalue weighted by Crippen LogP contribution is -2.12. The molecule has 18 heavy (non-hydrogen) atoms. The summed E-state index contributed by atoms with van der Waals surface area (Å²) < 4.78 is 39.1. The third kappa shape index (κ3) is 2.20. The van der Waals surface area contributed by atoms with E-state index in [1.807, 2.05) is 0 Å². The van der Waals surface area contributed by atoms with Gasteiger partial charge in [-0.3, -0.25) is 4.79 Å². The van der Waals surface area contributed by atoms with Gasteiger partial charge in [0.1, 0.15) is 5.82 Å². The molecule has 1 amide bonds. The van der Waals surface area contributed by atoms with Crippen molar-refractivity contribution in [3.8, 4) is 11.1 Å². The average molecular weight is 251 g/mol. The van der Waals surface area contributed by atoms with Crippen LogP contribution < -0.4 is 5.73 Å². The second kappa shape index (κ2) is 4.52. The third-order valence-electron chi connectivity index (χ3n) is 2.48. The Labute approximate surface area is 101 Å². The van der Waals surface area contributed by atoms with Crippen LogP contribution in [0, 0.1) is 17.5 Å².